The Balaban J connectivity index is 2.42. The lowest BCUT2D eigenvalue weighted by atomic mass is 9.93. The molecule has 1 heterocycles. The minimum absolute atomic E-state index is 0.0579. The molecule has 3 nitrogen and oxygen atoms in total. The molecule has 1 aliphatic heterocycles. The minimum atomic E-state index is -2.10. The third-order valence-corrected chi connectivity index (χ3v) is 2.14. The number of carboxylic acids is 1. The van der Waals surface area contributed by atoms with Crippen LogP contribution in [0.3, 0.4) is 0 Å². The summed E-state index contributed by atoms with van der Waals surface area (Å²) in [7, 11) is 0. The first-order valence-electron chi connectivity index (χ1n) is 4.02. The van der Waals surface area contributed by atoms with Crippen molar-refractivity contribution in [2.45, 2.75) is 25.4 Å². The fraction of sp³-hybridized carbons (Fsp3) is 0.875. The lowest BCUT2D eigenvalue weighted by molar-refractivity contribution is -0.150. The van der Waals surface area contributed by atoms with Crippen molar-refractivity contribution in [1.82, 2.24) is 0 Å². The highest BCUT2D eigenvalue weighted by molar-refractivity contribution is 5.76. The van der Waals surface area contributed by atoms with Crippen molar-refractivity contribution in [2.24, 2.45) is 5.92 Å². The summed E-state index contributed by atoms with van der Waals surface area (Å²) >= 11 is 0. The molecule has 0 aromatic rings. The summed E-state index contributed by atoms with van der Waals surface area (Å²) in [5.74, 6) is -1.31. The number of hydrogen-bond donors (Lipinski definition) is 1. The highest BCUT2D eigenvalue weighted by Gasteiger charge is 2.36. The second kappa shape index (κ2) is 3.39. The maximum Gasteiger partial charge on any atom is 0.341 e. The average molecular weight is 176 g/mol. The highest BCUT2D eigenvalue weighted by Crippen LogP contribution is 2.26. The molecule has 0 bridgehead atoms. The maximum atomic E-state index is 13.2. The number of carboxylic acid groups (broad SMARTS) is 1. The van der Waals surface area contributed by atoms with Crippen molar-refractivity contribution in [2.75, 3.05) is 13.2 Å². The topological polar surface area (TPSA) is 46.5 Å². The molecule has 1 aliphatic rings. The Kier molecular flexibility index (Phi) is 2.67. The first-order chi connectivity index (χ1) is 5.52. The van der Waals surface area contributed by atoms with Gasteiger partial charge in [-0.15, -0.1) is 0 Å². The van der Waals surface area contributed by atoms with Crippen LogP contribution in [0.5, 0.6) is 0 Å². The molecule has 0 spiro atoms. The second-order valence-electron chi connectivity index (χ2n) is 3.44. The Bertz CT molecular complexity index is 173. The molecule has 0 aromatic carbocycles. The van der Waals surface area contributed by atoms with Crippen LogP contribution in [0.25, 0.3) is 0 Å². The quantitative estimate of drug-likeness (QED) is 0.703. The standard InChI is InChI=1S/C8H13FO3/c1-8(9,7(10)11)4-6-2-3-12-5-6/h6H,2-5H2,1H3,(H,10,11). The fourth-order valence-electron chi connectivity index (χ4n) is 1.37. The van der Waals surface area contributed by atoms with E-state index in [-0.39, 0.29) is 12.3 Å². The van der Waals surface area contributed by atoms with E-state index in [0.29, 0.717) is 13.2 Å². The molecule has 12 heavy (non-hydrogen) atoms. The molecule has 0 radical (unpaired) electrons. The molecular weight excluding hydrogens is 163 g/mol. The van der Waals surface area contributed by atoms with Gasteiger partial charge in [0.05, 0.1) is 0 Å². The van der Waals surface area contributed by atoms with Crippen molar-refractivity contribution >= 4 is 5.97 Å². The van der Waals surface area contributed by atoms with Crippen molar-refractivity contribution < 1.29 is 19.0 Å². The number of rotatable bonds is 3. The van der Waals surface area contributed by atoms with Crippen molar-refractivity contribution in [3.63, 3.8) is 0 Å². The number of ether oxygens (including phenoxy) is 1. The molecule has 4 heteroatoms. The van der Waals surface area contributed by atoms with Gasteiger partial charge in [-0.1, -0.05) is 0 Å². The molecule has 2 atom stereocenters. The Labute approximate surface area is 70.5 Å². The van der Waals surface area contributed by atoms with Crippen molar-refractivity contribution in [3.8, 4) is 0 Å². The molecular formula is C8H13FO3. The number of halogens is 1. The number of alkyl halides is 1. The van der Waals surface area contributed by atoms with Crippen LogP contribution in [0.2, 0.25) is 0 Å². The van der Waals surface area contributed by atoms with E-state index in [0.717, 1.165) is 13.3 Å². The number of carbonyl (C=O) groups is 1. The van der Waals surface area contributed by atoms with Crippen molar-refractivity contribution in [1.29, 1.82) is 0 Å². The molecule has 0 amide bonds. The summed E-state index contributed by atoms with van der Waals surface area (Å²) in [5.41, 5.74) is -2.10. The first-order valence-corrected chi connectivity index (χ1v) is 4.02. The van der Waals surface area contributed by atoms with E-state index in [2.05, 4.69) is 0 Å². The number of hydrogen-bond acceptors (Lipinski definition) is 2. The van der Waals surface area contributed by atoms with Gasteiger partial charge in [-0.25, -0.2) is 9.18 Å². The highest BCUT2D eigenvalue weighted by atomic mass is 19.1. The summed E-state index contributed by atoms with van der Waals surface area (Å²) in [4.78, 5) is 10.4. The molecule has 1 rings (SSSR count). The van der Waals surface area contributed by atoms with Gasteiger partial charge in [0.1, 0.15) is 0 Å². The van der Waals surface area contributed by atoms with Gasteiger partial charge < -0.3 is 9.84 Å². The SMILES string of the molecule is CC(F)(CC1CCOC1)C(=O)O. The van der Waals surface area contributed by atoms with E-state index in [4.69, 9.17) is 9.84 Å². The Hall–Kier alpha value is -0.640. The van der Waals surface area contributed by atoms with Crippen LogP contribution in [0.4, 0.5) is 4.39 Å². The van der Waals surface area contributed by atoms with Crippen LogP contribution in [-0.4, -0.2) is 30.0 Å². The average Bonchev–Trinajstić information content (AvgIpc) is 2.38. The van der Waals surface area contributed by atoms with E-state index in [1.807, 2.05) is 0 Å². The van der Waals surface area contributed by atoms with Gasteiger partial charge in [0.15, 0.2) is 0 Å². The molecule has 0 saturated carbocycles. The molecule has 70 valence electrons. The van der Waals surface area contributed by atoms with Crippen molar-refractivity contribution in [3.05, 3.63) is 0 Å². The molecule has 0 aliphatic carbocycles. The van der Waals surface area contributed by atoms with Gasteiger partial charge in [0.2, 0.25) is 5.67 Å². The lowest BCUT2D eigenvalue weighted by Gasteiger charge is -2.17. The zero-order chi connectivity index (χ0) is 9.19. The largest absolute Gasteiger partial charge is 0.479 e. The van der Waals surface area contributed by atoms with E-state index < -0.39 is 11.6 Å². The zero-order valence-corrected chi connectivity index (χ0v) is 7.05. The molecule has 1 saturated heterocycles. The predicted octanol–water partition coefficient (Wildman–Crippen LogP) is 1.23. The number of aliphatic carboxylic acids is 1. The summed E-state index contributed by atoms with van der Waals surface area (Å²) in [6, 6.07) is 0. The smallest absolute Gasteiger partial charge is 0.341 e. The van der Waals surface area contributed by atoms with Gasteiger partial charge in [-0.3, -0.25) is 0 Å². The van der Waals surface area contributed by atoms with Crippen LogP contribution in [0.1, 0.15) is 19.8 Å². The summed E-state index contributed by atoms with van der Waals surface area (Å²) in [6.45, 7) is 2.22. The lowest BCUT2D eigenvalue weighted by Crippen LogP contribution is -2.32. The van der Waals surface area contributed by atoms with Crippen LogP contribution in [0.15, 0.2) is 0 Å². The summed E-state index contributed by atoms with van der Waals surface area (Å²) in [5, 5.41) is 8.49. The maximum absolute atomic E-state index is 13.2. The fourth-order valence-corrected chi connectivity index (χ4v) is 1.37. The molecule has 2 unspecified atom stereocenters. The normalized spacial score (nSPS) is 28.3. The Morgan fingerprint density at radius 3 is 2.92 bits per heavy atom. The van der Waals surface area contributed by atoms with Gasteiger partial charge in [-0.2, -0.15) is 0 Å². The first kappa shape index (κ1) is 9.45. The molecule has 1 fully saturated rings. The van der Waals surface area contributed by atoms with Crippen LogP contribution >= 0.6 is 0 Å². The molecule has 0 aromatic heterocycles. The van der Waals surface area contributed by atoms with E-state index in [1.165, 1.54) is 0 Å². The zero-order valence-electron chi connectivity index (χ0n) is 7.05. The second-order valence-corrected chi connectivity index (χ2v) is 3.44. The Morgan fingerprint density at radius 1 is 1.83 bits per heavy atom. The molecule has 1 N–H and O–H groups in total. The van der Waals surface area contributed by atoms with Gasteiger partial charge in [-0.05, 0) is 25.7 Å². The van der Waals surface area contributed by atoms with Crippen LogP contribution in [0, 0.1) is 5.92 Å². The van der Waals surface area contributed by atoms with Crippen LogP contribution < -0.4 is 0 Å². The van der Waals surface area contributed by atoms with E-state index in [1.54, 1.807) is 0 Å². The van der Waals surface area contributed by atoms with Gasteiger partial charge in [0.25, 0.3) is 0 Å². The minimum Gasteiger partial charge on any atom is -0.479 e. The van der Waals surface area contributed by atoms with Gasteiger partial charge in [0, 0.05) is 13.2 Å². The summed E-state index contributed by atoms with van der Waals surface area (Å²) in [6.07, 6.45) is 0.828. The van der Waals surface area contributed by atoms with Crippen LogP contribution in [-0.2, 0) is 9.53 Å². The summed E-state index contributed by atoms with van der Waals surface area (Å²) < 4.78 is 18.2. The van der Waals surface area contributed by atoms with E-state index >= 15 is 0 Å². The Morgan fingerprint density at radius 2 is 2.50 bits per heavy atom. The van der Waals surface area contributed by atoms with Gasteiger partial charge >= 0.3 is 5.97 Å². The van der Waals surface area contributed by atoms with E-state index in [9.17, 15) is 9.18 Å². The monoisotopic (exact) mass is 176 g/mol. The predicted molar refractivity (Wildman–Crippen MR) is 40.7 cm³/mol. The third-order valence-electron chi connectivity index (χ3n) is 2.14. The third kappa shape index (κ3) is 2.17.